The monoisotopic (exact) mass is 241 g/mol. The summed E-state index contributed by atoms with van der Waals surface area (Å²) in [5.74, 6) is 0.210. The fourth-order valence-electron chi connectivity index (χ4n) is 1.81. The fraction of sp³-hybridized carbons (Fsp3) is 0.615. The molecule has 0 amide bonds. The maximum Gasteiger partial charge on any atom is 0.129 e. The molecule has 0 bridgehead atoms. The maximum atomic E-state index is 9.34. The van der Waals surface area contributed by atoms with E-state index in [0.717, 1.165) is 12.0 Å². The van der Waals surface area contributed by atoms with Crippen molar-refractivity contribution in [2.75, 3.05) is 6.61 Å². The molecule has 0 aliphatic heterocycles. The molecule has 1 rings (SSSR count). The highest BCUT2D eigenvalue weighted by Gasteiger charge is 2.10. The van der Waals surface area contributed by atoms with E-state index in [1.54, 1.807) is 12.3 Å². The van der Waals surface area contributed by atoms with Gasteiger partial charge >= 0.3 is 0 Å². The van der Waals surface area contributed by atoms with Gasteiger partial charge < -0.3 is 5.11 Å². The number of rotatable bonds is 7. The van der Waals surface area contributed by atoms with Gasteiger partial charge in [-0.25, -0.2) is 4.98 Å². The van der Waals surface area contributed by atoms with Gasteiger partial charge in [-0.2, -0.15) is 0 Å². The number of hydrogen-bond donors (Lipinski definition) is 1. The Bertz CT molecular complexity index is 286. The molecular weight excluding hydrogens is 222 g/mol. The number of nitrogens with zero attached hydrogens (tertiary/aromatic N) is 1. The van der Waals surface area contributed by atoms with Crippen LogP contribution in [0.15, 0.2) is 18.3 Å². The topological polar surface area (TPSA) is 33.1 Å². The van der Waals surface area contributed by atoms with Crippen LogP contribution in [-0.4, -0.2) is 16.7 Å². The Labute approximate surface area is 103 Å². The van der Waals surface area contributed by atoms with Gasteiger partial charge in [-0.15, -0.1) is 0 Å². The first kappa shape index (κ1) is 13.5. The number of hydrogen-bond acceptors (Lipinski definition) is 2. The summed E-state index contributed by atoms with van der Waals surface area (Å²) in [5.41, 5.74) is 1.09. The third kappa shape index (κ3) is 4.50. The summed E-state index contributed by atoms with van der Waals surface area (Å²) < 4.78 is 0. The van der Waals surface area contributed by atoms with Crippen LogP contribution in [0.1, 0.15) is 50.5 Å². The maximum absolute atomic E-state index is 9.34. The highest BCUT2D eigenvalue weighted by atomic mass is 35.5. The first-order chi connectivity index (χ1) is 7.77. The summed E-state index contributed by atoms with van der Waals surface area (Å²) in [5, 5.41) is 9.85. The molecule has 0 saturated heterocycles. The molecule has 0 aromatic carbocycles. The number of aliphatic hydroxyl groups is 1. The molecule has 0 aliphatic rings. The standard InChI is InChI=1S/C13H20ClNO/c1-2-3-4-5-6-12(10-16)11-7-8-13(14)15-9-11/h7-9,12,16H,2-6,10H2,1H3. The van der Waals surface area contributed by atoms with Crippen LogP contribution in [0.3, 0.4) is 0 Å². The molecule has 3 heteroatoms. The molecule has 1 unspecified atom stereocenters. The second-order valence-corrected chi connectivity index (χ2v) is 4.53. The molecule has 1 N–H and O–H groups in total. The summed E-state index contributed by atoms with van der Waals surface area (Å²) in [4.78, 5) is 4.05. The van der Waals surface area contributed by atoms with E-state index in [9.17, 15) is 5.11 Å². The van der Waals surface area contributed by atoms with Crippen LogP contribution in [0.4, 0.5) is 0 Å². The third-order valence-electron chi connectivity index (χ3n) is 2.85. The first-order valence-electron chi connectivity index (χ1n) is 6.00. The van der Waals surface area contributed by atoms with Gasteiger partial charge in [0.15, 0.2) is 0 Å². The van der Waals surface area contributed by atoms with Gasteiger partial charge in [0.25, 0.3) is 0 Å². The lowest BCUT2D eigenvalue weighted by Gasteiger charge is -2.13. The number of pyridine rings is 1. The Hall–Kier alpha value is -0.600. The minimum Gasteiger partial charge on any atom is -0.396 e. The van der Waals surface area contributed by atoms with Gasteiger partial charge in [-0.3, -0.25) is 0 Å². The van der Waals surface area contributed by atoms with E-state index < -0.39 is 0 Å². The van der Waals surface area contributed by atoms with Gasteiger partial charge in [0, 0.05) is 18.7 Å². The van der Waals surface area contributed by atoms with Gasteiger partial charge in [-0.05, 0) is 18.1 Å². The third-order valence-corrected chi connectivity index (χ3v) is 3.07. The highest BCUT2D eigenvalue weighted by molar-refractivity contribution is 6.29. The van der Waals surface area contributed by atoms with Crippen LogP contribution in [0.5, 0.6) is 0 Å². The molecule has 0 spiro atoms. The van der Waals surface area contributed by atoms with Crippen molar-refractivity contribution in [2.45, 2.75) is 44.9 Å². The van der Waals surface area contributed by atoms with Gasteiger partial charge in [-0.1, -0.05) is 50.3 Å². The molecule has 90 valence electrons. The van der Waals surface area contributed by atoms with Crippen LogP contribution in [0.25, 0.3) is 0 Å². The van der Waals surface area contributed by atoms with Crippen molar-refractivity contribution in [3.05, 3.63) is 29.0 Å². The van der Waals surface area contributed by atoms with Crippen molar-refractivity contribution in [1.29, 1.82) is 0 Å². The molecular formula is C13H20ClNO. The van der Waals surface area contributed by atoms with Crippen molar-refractivity contribution >= 4 is 11.6 Å². The van der Waals surface area contributed by atoms with Crippen molar-refractivity contribution < 1.29 is 5.11 Å². The molecule has 16 heavy (non-hydrogen) atoms. The first-order valence-corrected chi connectivity index (χ1v) is 6.38. The van der Waals surface area contributed by atoms with Crippen LogP contribution in [-0.2, 0) is 0 Å². The summed E-state index contributed by atoms with van der Waals surface area (Å²) >= 11 is 5.73. The van der Waals surface area contributed by atoms with Crippen LogP contribution in [0.2, 0.25) is 5.15 Å². The van der Waals surface area contributed by atoms with Crippen LogP contribution < -0.4 is 0 Å². The minimum atomic E-state index is 0.190. The molecule has 0 radical (unpaired) electrons. The average molecular weight is 242 g/mol. The highest BCUT2D eigenvalue weighted by Crippen LogP contribution is 2.22. The number of unbranched alkanes of at least 4 members (excludes halogenated alkanes) is 3. The van der Waals surface area contributed by atoms with Crippen LogP contribution >= 0.6 is 11.6 Å². The zero-order chi connectivity index (χ0) is 11.8. The predicted octanol–water partition coefficient (Wildman–Crippen LogP) is 3.78. The molecule has 1 aromatic heterocycles. The van der Waals surface area contributed by atoms with E-state index in [2.05, 4.69) is 11.9 Å². The Balaban J connectivity index is 2.44. The minimum absolute atomic E-state index is 0.190. The van der Waals surface area contributed by atoms with Gasteiger partial charge in [0.2, 0.25) is 0 Å². The second kappa shape index (κ2) is 7.64. The summed E-state index contributed by atoms with van der Waals surface area (Å²) in [7, 11) is 0. The summed E-state index contributed by atoms with van der Waals surface area (Å²) in [6.07, 6.45) is 7.72. The lowest BCUT2D eigenvalue weighted by atomic mass is 9.95. The normalized spacial score (nSPS) is 12.7. The van der Waals surface area contributed by atoms with Crippen molar-refractivity contribution in [2.24, 2.45) is 0 Å². The zero-order valence-corrected chi connectivity index (χ0v) is 10.6. The lowest BCUT2D eigenvalue weighted by Crippen LogP contribution is -2.04. The van der Waals surface area contributed by atoms with E-state index in [0.29, 0.717) is 5.15 Å². The Morgan fingerprint density at radius 1 is 1.31 bits per heavy atom. The van der Waals surface area contributed by atoms with Crippen molar-refractivity contribution in [3.8, 4) is 0 Å². The zero-order valence-electron chi connectivity index (χ0n) is 9.82. The molecule has 1 aromatic rings. The molecule has 2 nitrogen and oxygen atoms in total. The van der Waals surface area contributed by atoms with E-state index in [1.807, 2.05) is 6.07 Å². The number of halogens is 1. The molecule has 0 aliphatic carbocycles. The number of aromatic nitrogens is 1. The van der Waals surface area contributed by atoms with E-state index in [4.69, 9.17) is 11.6 Å². The van der Waals surface area contributed by atoms with E-state index in [1.165, 1.54) is 25.7 Å². The predicted molar refractivity (Wildman–Crippen MR) is 67.8 cm³/mol. The van der Waals surface area contributed by atoms with Crippen LogP contribution in [0, 0.1) is 0 Å². The van der Waals surface area contributed by atoms with E-state index >= 15 is 0 Å². The van der Waals surface area contributed by atoms with Crippen molar-refractivity contribution in [1.82, 2.24) is 4.98 Å². The smallest absolute Gasteiger partial charge is 0.129 e. The van der Waals surface area contributed by atoms with Crippen molar-refractivity contribution in [3.63, 3.8) is 0 Å². The summed E-state index contributed by atoms with van der Waals surface area (Å²) in [6, 6.07) is 3.74. The Morgan fingerprint density at radius 2 is 2.12 bits per heavy atom. The molecule has 1 heterocycles. The lowest BCUT2D eigenvalue weighted by molar-refractivity contribution is 0.256. The average Bonchev–Trinajstić information content (AvgIpc) is 2.31. The van der Waals surface area contributed by atoms with E-state index in [-0.39, 0.29) is 12.5 Å². The Kier molecular flexibility index (Phi) is 6.43. The fourth-order valence-corrected chi connectivity index (χ4v) is 1.92. The quantitative estimate of drug-likeness (QED) is 0.582. The van der Waals surface area contributed by atoms with Gasteiger partial charge in [0.1, 0.15) is 5.15 Å². The summed E-state index contributed by atoms with van der Waals surface area (Å²) in [6.45, 7) is 2.39. The number of aliphatic hydroxyl groups excluding tert-OH is 1. The molecule has 0 fully saturated rings. The SMILES string of the molecule is CCCCCCC(CO)c1ccc(Cl)nc1. The van der Waals surface area contributed by atoms with Gasteiger partial charge in [0.05, 0.1) is 0 Å². The molecule has 1 atom stereocenters. The Morgan fingerprint density at radius 3 is 2.69 bits per heavy atom. The second-order valence-electron chi connectivity index (χ2n) is 4.14. The molecule has 0 saturated carbocycles. The largest absolute Gasteiger partial charge is 0.396 e.